The number of pyridine rings is 1. The van der Waals surface area contributed by atoms with Gasteiger partial charge in [0, 0.05) is 26.6 Å². The molecule has 5 aromatic rings. The zero-order valence-electron chi connectivity index (χ0n) is 19.4. The second kappa shape index (κ2) is 6.89. The van der Waals surface area contributed by atoms with E-state index in [-0.39, 0.29) is 0 Å². The average molecular weight is 381 g/mol. The van der Waals surface area contributed by atoms with Gasteiger partial charge < -0.3 is 4.42 Å². The first kappa shape index (κ1) is 14.6. The third-order valence-electron chi connectivity index (χ3n) is 5.42. The van der Waals surface area contributed by atoms with Crippen LogP contribution in [-0.4, -0.2) is 4.98 Å². The Morgan fingerprint density at radius 3 is 2.59 bits per heavy atom. The van der Waals surface area contributed by atoms with E-state index in [9.17, 15) is 0 Å². The Kier molecular flexibility index (Phi) is 3.47. The normalized spacial score (nSPS) is 13.6. The van der Waals surface area contributed by atoms with Crippen LogP contribution in [0, 0.1) is 6.85 Å². The minimum Gasteiger partial charge on any atom is -0.455 e. The van der Waals surface area contributed by atoms with Crippen LogP contribution in [0.2, 0.25) is 0 Å². The van der Waals surface area contributed by atoms with E-state index in [0.29, 0.717) is 11.5 Å². The van der Waals surface area contributed by atoms with Crippen LogP contribution in [0.15, 0.2) is 83.4 Å². The summed E-state index contributed by atoms with van der Waals surface area (Å²) in [6.07, 6.45) is 1.85. The van der Waals surface area contributed by atoms with Gasteiger partial charge in [0.05, 0.1) is 5.69 Å². The summed E-state index contributed by atoms with van der Waals surface area (Å²) >= 11 is 0. The van der Waals surface area contributed by atoms with E-state index >= 15 is 0 Å². The Balaban J connectivity index is 1.65. The second-order valence-corrected chi connectivity index (χ2v) is 7.71. The zero-order chi connectivity index (χ0) is 22.5. The van der Waals surface area contributed by atoms with Gasteiger partial charge in [0.25, 0.3) is 0 Å². The van der Waals surface area contributed by atoms with Gasteiger partial charge in [0.15, 0.2) is 0 Å². The fraction of sp³-hybridized carbons (Fsp3) is 0.148. The molecule has 29 heavy (non-hydrogen) atoms. The standard InChI is InChI=1S/C27H23NO/c1-17(2)19-12-13-28-25(15-19)24-9-5-8-23-22-11-10-21(16-26(22)29-27(23)24)20-7-4-6-18(3)14-20/h4-17H,1-3H3/i3D3. The second-order valence-electron chi connectivity index (χ2n) is 7.71. The third kappa shape index (κ3) is 3.11. The van der Waals surface area contributed by atoms with Crippen molar-refractivity contribution in [2.45, 2.75) is 26.6 Å². The molecule has 5 rings (SSSR count). The summed E-state index contributed by atoms with van der Waals surface area (Å²) in [4.78, 5) is 4.60. The Morgan fingerprint density at radius 1 is 0.862 bits per heavy atom. The van der Waals surface area contributed by atoms with Crippen molar-refractivity contribution >= 4 is 21.9 Å². The van der Waals surface area contributed by atoms with E-state index in [4.69, 9.17) is 8.53 Å². The summed E-state index contributed by atoms with van der Waals surface area (Å²) in [5.74, 6) is 0.417. The molecule has 142 valence electrons. The molecule has 0 fully saturated rings. The third-order valence-corrected chi connectivity index (χ3v) is 5.42. The highest BCUT2D eigenvalue weighted by atomic mass is 16.3. The summed E-state index contributed by atoms with van der Waals surface area (Å²) in [6.45, 7) is 2.21. The number of hydrogen-bond acceptors (Lipinski definition) is 2. The number of benzene rings is 3. The first-order chi connectivity index (χ1) is 15.3. The van der Waals surface area contributed by atoms with Gasteiger partial charge in [-0.05, 0) is 59.8 Å². The number of nitrogens with zero attached hydrogens (tertiary/aromatic N) is 1. The molecule has 0 radical (unpaired) electrons. The van der Waals surface area contributed by atoms with Gasteiger partial charge >= 0.3 is 0 Å². The van der Waals surface area contributed by atoms with Crippen molar-refractivity contribution in [3.63, 3.8) is 0 Å². The van der Waals surface area contributed by atoms with Gasteiger partial charge in [-0.1, -0.05) is 61.9 Å². The maximum Gasteiger partial charge on any atom is 0.144 e. The van der Waals surface area contributed by atoms with Crippen LogP contribution in [0.5, 0.6) is 0 Å². The summed E-state index contributed by atoms with van der Waals surface area (Å²) in [6, 6.07) is 23.4. The molecule has 0 unspecified atom stereocenters. The first-order valence-electron chi connectivity index (χ1n) is 11.3. The average Bonchev–Trinajstić information content (AvgIpc) is 3.16. The highest BCUT2D eigenvalue weighted by molar-refractivity contribution is 6.10. The molecular formula is C27H23NO. The van der Waals surface area contributed by atoms with Crippen LogP contribution in [0.1, 0.15) is 35.0 Å². The van der Waals surface area contributed by atoms with Gasteiger partial charge in [-0.2, -0.15) is 0 Å². The molecule has 2 heterocycles. The Labute approximate surface area is 175 Å². The molecule has 0 amide bonds. The number of furan rings is 1. The maximum atomic E-state index is 7.69. The largest absolute Gasteiger partial charge is 0.455 e. The molecule has 3 aromatic carbocycles. The summed E-state index contributed by atoms with van der Waals surface area (Å²) in [5.41, 5.74) is 6.78. The lowest BCUT2D eigenvalue weighted by Gasteiger charge is -2.07. The predicted molar refractivity (Wildman–Crippen MR) is 121 cm³/mol. The van der Waals surface area contributed by atoms with Crippen molar-refractivity contribution in [1.82, 2.24) is 4.98 Å². The van der Waals surface area contributed by atoms with E-state index in [1.807, 2.05) is 48.7 Å². The van der Waals surface area contributed by atoms with Crippen molar-refractivity contribution in [2.24, 2.45) is 0 Å². The minimum atomic E-state index is -2.13. The first-order valence-corrected chi connectivity index (χ1v) is 9.84. The number of fused-ring (bicyclic) bond motifs is 3. The van der Waals surface area contributed by atoms with Crippen LogP contribution in [0.25, 0.3) is 44.3 Å². The molecule has 0 spiro atoms. The Morgan fingerprint density at radius 2 is 1.72 bits per heavy atom. The highest BCUT2D eigenvalue weighted by Crippen LogP contribution is 2.37. The number of hydrogen-bond donors (Lipinski definition) is 0. The SMILES string of the molecule is [2H]C([2H])([2H])c1cccc(-c2ccc3c(c2)oc2c(-c4cc(C(C)C)ccn4)cccc23)c1. The molecule has 0 atom stereocenters. The Hall–Kier alpha value is -3.39. The lowest BCUT2D eigenvalue weighted by atomic mass is 10.00. The van der Waals surface area contributed by atoms with E-state index in [2.05, 4.69) is 31.0 Å². The Bertz CT molecular complexity index is 1450. The van der Waals surface area contributed by atoms with E-state index in [1.165, 1.54) is 5.56 Å². The van der Waals surface area contributed by atoms with Gasteiger partial charge in [-0.25, -0.2) is 0 Å². The molecule has 0 aliphatic heterocycles. The lowest BCUT2D eigenvalue weighted by molar-refractivity contribution is 0.670. The van der Waals surface area contributed by atoms with Gasteiger partial charge in [-0.3, -0.25) is 4.98 Å². The van der Waals surface area contributed by atoms with E-state index in [0.717, 1.165) is 44.3 Å². The molecule has 0 saturated heterocycles. The van der Waals surface area contributed by atoms with Gasteiger partial charge in [0.2, 0.25) is 0 Å². The smallest absolute Gasteiger partial charge is 0.144 e. The van der Waals surface area contributed by atoms with Gasteiger partial charge in [0.1, 0.15) is 11.2 Å². The maximum absolute atomic E-state index is 7.69. The van der Waals surface area contributed by atoms with E-state index < -0.39 is 6.85 Å². The molecule has 2 aromatic heterocycles. The molecule has 0 aliphatic rings. The van der Waals surface area contributed by atoms with Crippen molar-refractivity contribution in [1.29, 1.82) is 0 Å². The van der Waals surface area contributed by atoms with Crippen LogP contribution >= 0.6 is 0 Å². The molecule has 0 aliphatic carbocycles. The highest BCUT2D eigenvalue weighted by Gasteiger charge is 2.14. The quantitative estimate of drug-likeness (QED) is 0.320. The summed E-state index contributed by atoms with van der Waals surface area (Å²) < 4.78 is 29.4. The molecule has 0 N–H and O–H groups in total. The molecule has 2 heteroatoms. The van der Waals surface area contributed by atoms with Gasteiger partial charge in [-0.15, -0.1) is 0 Å². The number of aryl methyl sites for hydroxylation is 1. The molecular weight excluding hydrogens is 354 g/mol. The fourth-order valence-electron chi connectivity index (χ4n) is 3.83. The minimum absolute atomic E-state index is 0.332. The van der Waals surface area contributed by atoms with Crippen LogP contribution in [-0.2, 0) is 0 Å². The van der Waals surface area contributed by atoms with Crippen LogP contribution in [0.4, 0.5) is 0 Å². The number of rotatable bonds is 3. The number of para-hydroxylation sites is 1. The van der Waals surface area contributed by atoms with Crippen LogP contribution < -0.4 is 0 Å². The van der Waals surface area contributed by atoms with Crippen molar-refractivity contribution in [3.05, 3.63) is 90.1 Å². The molecule has 0 saturated carbocycles. The molecule has 2 nitrogen and oxygen atoms in total. The lowest BCUT2D eigenvalue weighted by Crippen LogP contribution is -1.90. The van der Waals surface area contributed by atoms with Crippen molar-refractivity contribution in [3.8, 4) is 22.4 Å². The fourth-order valence-corrected chi connectivity index (χ4v) is 3.83. The topological polar surface area (TPSA) is 26.0 Å². The van der Waals surface area contributed by atoms with Crippen LogP contribution in [0.3, 0.4) is 0 Å². The van der Waals surface area contributed by atoms with E-state index in [1.54, 1.807) is 18.2 Å². The summed E-state index contributed by atoms with van der Waals surface area (Å²) in [7, 11) is 0. The van der Waals surface area contributed by atoms with Crippen molar-refractivity contribution in [2.75, 3.05) is 0 Å². The van der Waals surface area contributed by atoms with Crippen molar-refractivity contribution < 1.29 is 8.53 Å². The summed E-state index contributed by atoms with van der Waals surface area (Å²) in [5, 5.41) is 2.06. The monoisotopic (exact) mass is 380 g/mol. The zero-order valence-corrected chi connectivity index (χ0v) is 16.4. The predicted octanol–water partition coefficient (Wildman–Crippen LogP) is 7.75. The number of aromatic nitrogens is 1. The molecule has 0 bridgehead atoms.